The summed E-state index contributed by atoms with van der Waals surface area (Å²) in [6.07, 6.45) is 2.19. The summed E-state index contributed by atoms with van der Waals surface area (Å²) in [4.78, 5) is 6.94. The van der Waals surface area contributed by atoms with Crippen LogP contribution in [0.1, 0.15) is 19.0 Å². The SMILES string of the molecule is CCc1cc(N2CCC2)c2ccc(O)cc2n1. The number of phenolic OH excluding ortho intramolecular Hbond substituents is 1. The molecule has 0 aliphatic carbocycles. The highest BCUT2D eigenvalue weighted by molar-refractivity contribution is 5.93. The lowest BCUT2D eigenvalue weighted by molar-refractivity contribution is 0.476. The second kappa shape index (κ2) is 3.91. The zero-order chi connectivity index (χ0) is 11.8. The second-order valence-corrected chi connectivity index (χ2v) is 4.53. The highest BCUT2D eigenvalue weighted by Gasteiger charge is 2.18. The third-order valence-electron chi connectivity index (χ3n) is 3.38. The molecule has 0 atom stereocenters. The molecule has 1 saturated heterocycles. The van der Waals surface area contributed by atoms with Crippen LogP contribution in [0.3, 0.4) is 0 Å². The standard InChI is InChI=1S/C14H16N2O/c1-2-10-8-14(16-6-3-7-16)12-5-4-11(17)9-13(12)15-10/h4-5,8-9,17H,2-3,6-7H2,1H3. The van der Waals surface area contributed by atoms with Gasteiger partial charge in [0.15, 0.2) is 0 Å². The number of fused-ring (bicyclic) bond motifs is 1. The van der Waals surface area contributed by atoms with Gasteiger partial charge in [0.25, 0.3) is 0 Å². The van der Waals surface area contributed by atoms with Gasteiger partial charge in [-0.25, -0.2) is 0 Å². The number of pyridine rings is 1. The highest BCUT2D eigenvalue weighted by Crippen LogP contribution is 2.31. The van der Waals surface area contributed by atoms with Gasteiger partial charge in [0.1, 0.15) is 5.75 Å². The lowest BCUT2D eigenvalue weighted by atomic mass is 10.1. The first-order valence-corrected chi connectivity index (χ1v) is 6.15. The van der Waals surface area contributed by atoms with E-state index >= 15 is 0 Å². The van der Waals surface area contributed by atoms with Crippen molar-refractivity contribution in [3.05, 3.63) is 30.0 Å². The van der Waals surface area contributed by atoms with Gasteiger partial charge >= 0.3 is 0 Å². The summed E-state index contributed by atoms with van der Waals surface area (Å²) in [5.74, 6) is 0.285. The van der Waals surface area contributed by atoms with Crippen molar-refractivity contribution in [2.24, 2.45) is 0 Å². The molecule has 1 aromatic carbocycles. The summed E-state index contributed by atoms with van der Waals surface area (Å²) < 4.78 is 0. The fraction of sp³-hybridized carbons (Fsp3) is 0.357. The maximum absolute atomic E-state index is 9.54. The summed E-state index contributed by atoms with van der Waals surface area (Å²) in [5.41, 5.74) is 3.24. The molecular weight excluding hydrogens is 212 g/mol. The van der Waals surface area contributed by atoms with Gasteiger partial charge < -0.3 is 10.0 Å². The first-order valence-electron chi connectivity index (χ1n) is 6.15. The fourth-order valence-corrected chi connectivity index (χ4v) is 2.25. The van der Waals surface area contributed by atoms with E-state index in [1.54, 1.807) is 12.1 Å². The van der Waals surface area contributed by atoms with E-state index in [9.17, 15) is 5.11 Å². The number of anilines is 1. The normalized spacial score (nSPS) is 15.0. The van der Waals surface area contributed by atoms with Crippen LogP contribution in [0.4, 0.5) is 5.69 Å². The summed E-state index contributed by atoms with van der Waals surface area (Å²) >= 11 is 0. The van der Waals surface area contributed by atoms with Crippen LogP contribution >= 0.6 is 0 Å². The van der Waals surface area contributed by atoms with E-state index in [1.165, 1.54) is 12.1 Å². The molecule has 1 aromatic heterocycles. The van der Waals surface area contributed by atoms with Crippen LogP contribution in [0.25, 0.3) is 10.9 Å². The molecule has 0 amide bonds. The average molecular weight is 228 g/mol. The van der Waals surface area contributed by atoms with Crippen LogP contribution in [-0.4, -0.2) is 23.2 Å². The van der Waals surface area contributed by atoms with Gasteiger partial charge in [0.2, 0.25) is 0 Å². The van der Waals surface area contributed by atoms with Crippen molar-refractivity contribution in [3.8, 4) is 5.75 Å². The summed E-state index contributed by atoms with van der Waals surface area (Å²) in [7, 11) is 0. The Balaban J connectivity index is 2.23. The number of benzene rings is 1. The Hall–Kier alpha value is -1.77. The predicted octanol–water partition coefficient (Wildman–Crippen LogP) is 2.71. The topological polar surface area (TPSA) is 36.4 Å². The largest absolute Gasteiger partial charge is 0.508 e. The number of phenols is 1. The van der Waals surface area contributed by atoms with Crippen LogP contribution in [0.2, 0.25) is 0 Å². The molecule has 0 unspecified atom stereocenters. The van der Waals surface area contributed by atoms with Gasteiger partial charge in [-0.2, -0.15) is 0 Å². The second-order valence-electron chi connectivity index (χ2n) is 4.53. The summed E-state index contributed by atoms with van der Waals surface area (Å²) in [6, 6.07) is 7.62. The maximum atomic E-state index is 9.54. The molecule has 1 aliphatic rings. The number of aromatic hydroxyl groups is 1. The first kappa shape index (κ1) is 10.4. The monoisotopic (exact) mass is 228 g/mol. The van der Waals surface area contributed by atoms with E-state index in [1.807, 2.05) is 6.07 Å². The average Bonchev–Trinajstić information content (AvgIpc) is 2.25. The Morgan fingerprint density at radius 2 is 2.12 bits per heavy atom. The molecule has 3 rings (SSSR count). The van der Waals surface area contributed by atoms with Crippen molar-refractivity contribution < 1.29 is 5.11 Å². The number of aryl methyl sites for hydroxylation is 1. The Bertz CT molecular complexity index is 561. The maximum Gasteiger partial charge on any atom is 0.117 e. The molecular formula is C14H16N2O. The van der Waals surface area contributed by atoms with Crippen LogP contribution < -0.4 is 4.90 Å². The highest BCUT2D eigenvalue weighted by atomic mass is 16.3. The van der Waals surface area contributed by atoms with Crippen molar-refractivity contribution in [2.45, 2.75) is 19.8 Å². The van der Waals surface area contributed by atoms with Crippen LogP contribution in [0.5, 0.6) is 5.75 Å². The minimum absolute atomic E-state index is 0.285. The molecule has 2 heterocycles. The van der Waals surface area contributed by atoms with Crippen molar-refractivity contribution in [2.75, 3.05) is 18.0 Å². The Morgan fingerprint density at radius 3 is 2.76 bits per heavy atom. The molecule has 3 nitrogen and oxygen atoms in total. The molecule has 1 N–H and O–H groups in total. The molecule has 88 valence electrons. The summed E-state index contributed by atoms with van der Waals surface area (Å²) in [5, 5.41) is 10.7. The number of nitrogens with zero attached hydrogens (tertiary/aromatic N) is 2. The van der Waals surface area contributed by atoms with E-state index in [2.05, 4.69) is 22.9 Å². The Labute approximate surface area is 101 Å². The van der Waals surface area contributed by atoms with E-state index in [4.69, 9.17) is 0 Å². The third-order valence-corrected chi connectivity index (χ3v) is 3.38. The van der Waals surface area contributed by atoms with Crippen molar-refractivity contribution in [1.29, 1.82) is 0 Å². The zero-order valence-corrected chi connectivity index (χ0v) is 9.98. The van der Waals surface area contributed by atoms with Crippen LogP contribution in [-0.2, 0) is 6.42 Å². The van der Waals surface area contributed by atoms with Crippen LogP contribution in [0.15, 0.2) is 24.3 Å². The molecule has 0 bridgehead atoms. The quantitative estimate of drug-likeness (QED) is 0.858. The minimum atomic E-state index is 0.285. The molecule has 1 fully saturated rings. The molecule has 0 saturated carbocycles. The van der Waals surface area contributed by atoms with Gasteiger partial charge in [0, 0.05) is 35.9 Å². The lowest BCUT2D eigenvalue weighted by Crippen LogP contribution is -2.37. The van der Waals surface area contributed by atoms with Crippen molar-refractivity contribution >= 4 is 16.6 Å². The van der Waals surface area contributed by atoms with E-state index in [-0.39, 0.29) is 5.75 Å². The van der Waals surface area contributed by atoms with Crippen LogP contribution in [0, 0.1) is 0 Å². The molecule has 0 radical (unpaired) electrons. The lowest BCUT2D eigenvalue weighted by Gasteiger charge is -2.34. The number of rotatable bonds is 2. The van der Waals surface area contributed by atoms with Gasteiger partial charge in [-0.05, 0) is 31.0 Å². The molecule has 2 aromatic rings. The molecule has 1 aliphatic heterocycles. The number of aromatic nitrogens is 1. The van der Waals surface area contributed by atoms with E-state index < -0.39 is 0 Å². The van der Waals surface area contributed by atoms with Gasteiger partial charge in [-0.1, -0.05) is 6.92 Å². The summed E-state index contributed by atoms with van der Waals surface area (Å²) in [6.45, 7) is 4.36. The molecule has 0 spiro atoms. The van der Waals surface area contributed by atoms with Gasteiger partial charge in [0.05, 0.1) is 5.52 Å². The zero-order valence-electron chi connectivity index (χ0n) is 9.98. The van der Waals surface area contributed by atoms with Gasteiger partial charge in [-0.3, -0.25) is 4.98 Å². The van der Waals surface area contributed by atoms with E-state index in [0.29, 0.717) is 0 Å². The van der Waals surface area contributed by atoms with Gasteiger partial charge in [-0.15, -0.1) is 0 Å². The first-order chi connectivity index (χ1) is 8.28. The number of hydrogen-bond donors (Lipinski definition) is 1. The third kappa shape index (κ3) is 1.71. The number of hydrogen-bond acceptors (Lipinski definition) is 3. The van der Waals surface area contributed by atoms with E-state index in [0.717, 1.165) is 36.1 Å². The van der Waals surface area contributed by atoms with Crippen molar-refractivity contribution in [3.63, 3.8) is 0 Å². The predicted molar refractivity (Wildman–Crippen MR) is 69.6 cm³/mol. The molecule has 17 heavy (non-hydrogen) atoms. The smallest absolute Gasteiger partial charge is 0.117 e. The fourth-order valence-electron chi connectivity index (χ4n) is 2.25. The molecule has 3 heteroatoms. The van der Waals surface area contributed by atoms with Crippen molar-refractivity contribution in [1.82, 2.24) is 4.98 Å². The minimum Gasteiger partial charge on any atom is -0.508 e. The Kier molecular flexibility index (Phi) is 2.39. The Morgan fingerprint density at radius 1 is 1.29 bits per heavy atom.